The van der Waals surface area contributed by atoms with Gasteiger partial charge in [-0.3, -0.25) is 4.79 Å². The predicted molar refractivity (Wildman–Crippen MR) is 141 cm³/mol. The maximum absolute atomic E-state index is 12.5. The van der Waals surface area contributed by atoms with Crippen LogP contribution in [0, 0.1) is 0 Å². The summed E-state index contributed by atoms with van der Waals surface area (Å²) in [6, 6.07) is 17.0. The first-order valence-electron chi connectivity index (χ1n) is 13.0. The highest BCUT2D eigenvalue weighted by molar-refractivity contribution is 6.73. The monoisotopic (exact) mass is 516 g/mol. The molecule has 3 rings (SSSR count). The minimum absolute atomic E-state index is 0.0542. The van der Waals surface area contributed by atoms with Gasteiger partial charge in [-0.25, -0.2) is 0 Å². The van der Waals surface area contributed by atoms with Crippen LogP contribution in [0.3, 0.4) is 0 Å². The largest absolute Gasteiger partial charge is 0.454 e. The fourth-order valence-corrected chi connectivity index (χ4v) is 7.62. The Kier molecular flexibility index (Phi) is 10.2. The topological polar surface area (TPSA) is 91.3 Å². The van der Waals surface area contributed by atoms with Crippen molar-refractivity contribution in [1.29, 1.82) is 0 Å². The molecular formula is C28H40O7Si. The molecule has 2 aromatic rings. The predicted octanol–water partition coefficient (Wildman–Crippen LogP) is 5.13. The highest BCUT2D eigenvalue weighted by Gasteiger charge is 2.50. The molecule has 1 aliphatic heterocycles. The summed E-state index contributed by atoms with van der Waals surface area (Å²) < 4.78 is 24.7. The number of benzene rings is 2. The van der Waals surface area contributed by atoms with E-state index in [-0.39, 0.29) is 18.6 Å². The van der Waals surface area contributed by atoms with Gasteiger partial charge in [0.15, 0.2) is 20.7 Å². The average Bonchev–Trinajstić information content (AvgIpc) is 2.87. The second-order valence-corrected chi connectivity index (χ2v) is 14.4. The first-order valence-corrected chi connectivity index (χ1v) is 15.5. The molecule has 7 nitrogen and oxygen atoms in total. The highest BCUT2D eigenvalue weighted by atomic mass is 28.4. The van der Waals surface area contributed by atoms with E-state index in [9.17, 15) is 14.7 Å². The van der Waals surface area contributed by atoms with Crippen LogP contribution < -0.4 is 0 Å². The van der Waals surface area contributed by atoms with E-state index in [2.05, 4.69) is 45.0 Å². The molecule has 0 unspecified atom stereocenters. The Balaban J connectivity index is 1.85. The van der Waals surface area contributed by atoms with Crippen molar-refractivity contribution in [2.75, 3.05) is 0 Å². The number of carbonyl (C=O) groups is 2. The fraction of sp³-hybridized carbons (Fsp3) is 0.571. The number of rotatable bonds is 12. The van der Waals surface area contributed by atoms with Gasteiger partial charge in [-0.1, -0.05) is 57.2 Å². The molecule has 0 radical (unpaired) electrons. The van der Waals surface area contributed by atoms with Crippen LogP contribution >= 0.6 is 0 Å². The molecule has 0 spiro atoms. The van der Waals surface area contributed by atoms with E-state index in [0.717, 1.165) is 34.5 Å². The van der Waals surface area contributed by atoms with Crippen molar-refractivity contribution in [2.24, 2.45) is 0 Å². The molecule has 1 saturated heterocycles. The van der Waals surface area contributed by atoms with Gasteiger partial charge in [0.1, 0.15) is 18.0 Å². The van der Waals surface area contributed by atoms with Gasteiger partial charge in [-0.05, 0) is 54.4 Å². The van der Waals surface area contributed by atoms with Crippen LogP contribution in [0.15, 0.2) is 42.5 Å². The van der Waals surface area contributed by atoms with Gasteiger partial charge in [0.25, 0.3) is 0 Å². The summed E-state index contributed by atoms with van der Waals surface area (Å²) in [5.41, 5.74) is 1.01. The summed E-state index contributed by atoms with van der Waals surface area (Å²) in [5.74, 6) is -0.661. The van der Waals surface area contributed by atoms with Crippen molar-refractivity contribution < 1.29 is 33.3 Å². The van der Waals surface area contributed by atoms with Gasteiger partial charge in [-0.2, -0.15) is 0 Å². The van der Waals surface area contributed by atoms with Crippen molar-refractivity contribution in [3.63, 3.8) is 0 Å². The molecule has 0 aliphatic carbocycles. The Bertz CT molecular complexity index is 1010. The summed E-state index contributed by atoms with van der Waals surface area (Å²) in [5, 5.41) is 13.1. The van der Waals surface area contributed by atoms with Crippen molar-refractivity contribution in [1.82, 2.24) is 0 Å². The first-order chi connectivity index (χ1) is 17.2. The molecule has 36 heavy (non-hydrogen) atoms. The smallest absolute Gasteiger partial charge is 0.306 e. The molecule has 0 saturated carbocycles. The van der Waals surface area contributed by atoms with Crippen LogP contribution in [0.2, 0.25) is 18.1 Å². The van der Waals surface area contributed by atoms with Gasteiger partial charge < -0.3 is 28.5 Å². The van der Waals surface area contributed by atoms with Gasteiger partial charge >= 0.3 is 5.97 Å². The third kappa shape index (κ3) is 7.01. The van der Waals surface area contributed by atoms with Gasteiger partial charge in [0.2, 0.25) is 0 Å². The summed E-state index contributed by atoms with van der Waals surface area (Å²) >= 11 is 0. The number of esters is 1. The average molecular weight is 517 g/mol. The number of Topliss-reactive ketones (excluding diaryl/α,β-unsaturated/α-hetero) is 1. The minimum atomic E-state index is -2.17. The second-order valence-electron chi connectivity index (χ2n) is 9.67. The van der Waals surface area contributed by atoms with Gasteiger partial charge in [0, 0.05) is 6.42 Å². The Morgan fingerprint density at radius 3 is 2.25 bits per heavy atom. The maximum Gasteiger partial charge on any atom is 0.306 e. The quantitative estimate of drug-likeness (QED) is 0.309. The summed E-state index contributed by atoms with van der Waals surface area (Å²) in [7, 11) is -2.17. The van der Waals surface area contributed by atoms with Crippen molar-refractivity contribution >= 4 is 30.8 Å². The van der Waals surface area contributed by atoms with Crippen molar-refractivity contribution in [3.8, 4) is 0 Å². The fourth-order valence-electron chi connectivity index (χ4n) is 4.78. The highest BCUT2D eigenvalue weighted by Crippen LogP contribution is 2.33. The summed E-state index contributed by atoms with van der Waals surface area (Å²) in [6.45, 7) is 9.96. The summed E-state index contributed by atoms with van der Waals surface area (Å²) in [4.78, 5) is 23.9. The molecule has 1 aliphatic rings. The van der Waals surface area contributed by atoms with Crippen molar-refractivity contribution in [2.45, 2.75) is 103 Å². The molecule has 0 aromatic heterocycles. The third-order valence-electron chi connectivity index (χ3n) is 7.27. The Hall–Kier alpha value is -2.10. The molecule has 1 heterocycles. The lowest BCUT2D eigenvalue weighted by Gasteiger charge is -2.46. The molecule has 0 amide bonds. The molecule has 2 aromatic carbocycles. The molecule has 198 valence electrons. The molecule has 1 N–H and O–H groups in total. The van der Waals surface area contributed by atoms with E-state index in [0.29, 0.717) is 6.61 Å². The molecule has 8 heteroatoms. The van der Waals surface area contributed by atoms with E-state index < -0.39 is 45.0 Å². The van der Waals surface area contributed by atoms with Gasteiger partial charge in [0.05, 0.1) is 19.1 Å². The Morgan fingerprint density at radius 1 is 0.944 bits per heavy atom. The van der Waals surface area contributed by atoms with E-state index in [4.69, 9.17) is 18.6 Å². The number of ketones is 1. The van der Waals surface area contributed by atoms with Crippen LogP contribution in [0.4, 0.5) is 0 Å². The van der Waals surface area contributed by atoms with Crippen LogP contribution in [0.1, 0.15) is 53.0 Å². The number of hydrogen-bond acceptors (Lipinski definition) is 7. The van der Waals surface area contributed by atoms with E-state index in [1.165, 1.54) is 6.92 Å². The minimum Gasteiger partial charge on any atom is -0.454 e. The lowest BCUT2D eigenvalue weighted by molar-refractivity contribution is -0.288. The number of aliphatic hydroxyl groups excluding tert-OH is 1. The number of carbonyl (C=O) groups excluding carboxylic acids is 2. The zero-order valence-corrected chi connectivity index (χ0v) is 23.1. The van der Waals surface area contributed by atoms with E-state index in [1.54, 1.807) is 0 Å². The summed E-state index contributed by atoms with van der Waals surface area (Å²) in [6.07, 6.45) is -4.07. The van der Waals surface area contributed by atoms with Crippen LogP contribution in [-0.2, 0) is 34.8 Å². The van der Waals surface area contributed by atoms with E-state index in [1.807, 2.05) is 25.1 Å². The lowest BCUT2D eigenvalue weighted by atomic mass is 9.99. The first kappa shape index (κ1) is 28.5. The third-order valence-corrected chi connectivity index (χ3v) is 11.9. The molecule has 0 bridgehead atoms. The standard InChI is InChI=1S/C28H40O7Si/c1-6-36(7-2,8-3)35-26-25(32-18-21-14-15-22-11-9-10-12-23(22)17-21)20(5)33-28(31)27(26)34-24(30)16-13-19(4)29/h9-12,14-15,17,20,25-28,31H,6-8,13,16,18H2,1-5H3/t20-,25-,26+,27+,28+/m0/s1. The molecule has 5 atom stereocenters. The molecule has 1 fully saturated rings. The number of aliphatic hydroxyl groups is 1. The zero-order chi connectivity index (χ0) is 26.3. The van der Waals surface area contributed by atoms with Crippen LogP contribution in [0.25, 0.3) is 10.8 Å². The second kappa shape index (κ2) is 12.9. The van der Waals surface area contributed by atoms with Gasteiger partial charge in [-0.15, -0.1) is 0 Å². The molecular weight excluding hydrogens is 476 g/mol. The normalized spacial score (nSPS) is 24.6. The van der Waals surface area contributed by atoms with Crippen LogP contribution in [-0.4, -0.2) is 55.9 Å². The van der Waals surface area contributed by atoms with E-state index >= 15 is 0 Å². The van der Waals surface area contributed by atoms with Crippen molar-refractivity contribution in [3.05, 3.63) is 48.0 Å². The Labute approximate surface area is 215 Å². The Morgan fingerprint density at radius 2 is 1.61 bits per heavy atom. The lowest BCUT2D eigenvalue weighted by Crippen LogP contribution is -2.62. The number of hydrogen-bond donors (Lipinski definition) is 1. The number of fused-ring (bicyclic) bond motifs is 1. The SMILES string of the molecule is CC[Si](CC)(CC)O[C@@H]1[C@@H](OCc2ccc3ccccc3c2)[C@H](C)O[C@@H](O)[C@@H]1OC(=O)CCC(C)=O. The number of ether oxygens (including phenoxy) is 3. The maximum atomic E-state index is 12.5. The zero-order valence-electron chi connectivity index (χ0n) is 22.1. The van der Waals surface area contributed by atoms with Crippen LogP contribution in [0.5, 0.6) is 0 Å².